The van der Waals surface area contributed by atoms with Crippen molar-refractivity contribution in [2.75, 3.05) is 16.8 Å². The third kappa shape index (κ3) is 5.86. The van der Waals surface area contributed by atoms with Crippen molar-refractivity contribution in [2.45, 2.75) is 12.1 Å². The van der Waals surface area contributed by atoms with Crippen LogP contribution in [-0.2, 0) is 4.79 Å². The molecule has 9 heteroatoms. The molecule has 3 heterocycles. The summed E-state index contributed by atoms with van der Waals surface area (Å²) in [6.45, 7) is -0.0766. The molecule has 7 nitrogen and oxygen atoms in total. The van der Waals surface area contributed by atoms with Gasteiger partial charge in [-0.15, -0.1) is 0 Å². The van der Waals surface area contributed by atoms with Gasteiger partial charge in [-0.25, -0.2) is 0 Å². The van der Waals surface area contributed by atoms with Gasteiger partial charge in [0.25, 0.3) is 5.91 Å². The molecule has 1 aliphatic rings. The molecule has 204 valence electrons. The summed E-state index contributed by atoms with van der Waals surface area (Å²) in [6, 6.07) is 34.9. The van der Waals surface area contributed by atoms with E-state index in [1.807, 2.05) is 91.0 Å². The first-order chi connectivity index (χ1) is 20.1. The number of nitrogens with zero attached hydrogens (tertiary/aromatic N) is 3. The van der Waals surface area contributed by atoms with E-state index in [9.17, 15) is 4.79 Å². The molecule has 1 amide bonds. The normalized spacial score (nSPS) is 16.3. The Morgan fingerprint density at radius 2 is 1.63 bits per heavy atom. The molecule has 2 N–H and O–H groups in total. The molecular formula is C32H26BrN5O2S. The highest BCUT2D eigenvalue weighted by atomic mass is 79.9. The molecule has 1 aliphatic heterocycles. The topological polar surface area (TPSA) is 71.4 Å². The second kappa shape index (κ2) is 12.0. The van der Waals surface area contributed by atoms with E-state index in [4.69, 9.17) is 17.0 Å². The summed E-state index contributed by atoms with van der Waals surface area (Å²) in [5.41, 5.74) is 4.57. The quantitative estimate of drug-likeness (QED) is 0.185. The first kappa shape index (κ1) is 26.7. The number of carbonyl (C=O) groups is 1. The molecular weight excluding hydrogens is 598 g/mol. The second-order valence-electron chi connectivity index (χ2n) is 9.47. The van der Waals surface area contributed by atoms with Crippen LogP contribution < -0.4 is 20.3 Å². The minimum atomic E-state index is -0.236. The Kier molecular flexibility index (Phi) is 7.80. The summed E-state index contributed by atoms with van der Waals surface area (Å²) in [5, 5.41) is 7.01. The van der Waals surface area contributed by atoms with Crippen molar-refractivity contribution in [2.24, 2.45) is 0 Å². The van der Waals surface area contributed by atoms with Gasteiger partial charge in [0.1, 0.15) is 11.8 Å². The Bertz CT molecular complexity index is 1640. The van der Waals surface area contributed by atoms with Gasteiger partial charge in [0.2, 0.25) is 0 Å². The Labute approximate surface area is 251 Å². The number of halogens is 1. The van der Waals surface area contributed by atoms with Gasteiger partial charge in [0.15, 0.2) is 11.7 Å². The van der Waals surface area contributed by atoms with E-state index < -0.39 is 0 Å². The van der Waals surface area contributed by atoms with Gasteiger partial charge in [0, 0.05) is 39.6 Å². The lowest BCUT2D eigenvalue weighted by molar-refractivity contribution is -0.118. The van der Waals surface area contributed by atoms with Gasteiger partial charge in [0.05, 0.1) is 11.7 Å². The molecule has 1 fully saturated rings. The second-order valence-corrected chi connectivity index (χ2v) is 10.8. The number of pyridine rings is 1. The lowest BCUT2D eigenvalue weighted by Gasteiger charge is -2.29. The number of carbonyl (C=O) groups excluding carboxylic acids is 1. The van der Waals surface area contributed by atoms with Crippen LogP contribution in [-0.4, -0.2) is 27.2 Å². The zero-order valence-electron chi connectivity index (χ0n) is 21.9. The Morgan fingerprint density at radius 3 is 2.37 bits per heavy atom. The van der Waals surface area contributed by atoms with Crippen molar-refractivity contribution < 1.29 is 9.53 Å². The number of aromatic nitrogens is 2. The predicted molar refractivity (Wildman–Crippen MR) is 168 cm³/mol. The highest BCUT2D eigenvalue weighted by Gasteiger charge is 2.42. The fourth-order valence-corrected chi connectivity index (χ4v) is 5.58. The van der Waals surface area contributed by atoms with Crippen LogP contribution in [0.3, 0.4) is 0 Å². The van der Waals surface area contributed by atoms with Crippen molar-refractivity contribution in [3.8, 4) is 11.4 Å². The highest BCUT2D eigenvalue weighted by Crippen LogP contribution is 2.42. The van der Waals surface area contributed by atoms with Crippen molar-refractivity contribution >= 4 is 50.5 Å². The molecule has 2 aromatic heterocycles. The molecule has 2 atom stereocenters. The number of rotatable bonds is 8. The number of para-hydroxylation sites is 1. The Morgan fingerprint density at radius 1 is 0.902 bits per heavy atom. The van der Waals surface area contributed by atoms with E-state index in [0.29, 0.717) is 16.5 Å². The van der Waals surface area contributed by atoms with Crippen molar-refractivity contribution in [3.63, 3.8) is 0 Å². The molecule has 0 saturated carbocycles. The fraction of sp³-hybridized carbons (Fsp3) is 0.0938. The Hall–Kier alpha value is -4.47. The van der Waals surface area contributed by atoms with Gasteiger partial charge in [-0.1, -0.05) is 40.2 Å². The highest BCUT2D eigenvalue weighted by molar-refractivity contribution is 9.10. The molecule has 5 aromatic rings. The maximum atomic E-state index is 12.5. The van der Waals surface area contributed by atoms with Crippen LogP contribution in [0.15, 0.2) is 126 Å². The summed E-state index contributed by atoms with van der Waals surface area (Å²) < 4.78 is 8.76. The minimum Gasteiger partial charge on any atom is -0.484 e. The zero-order chi connectivity index (χ0) is 28.2. The number of amides is 1. The number of ether oxygens (including phenoxy) is 1. The number of hydrogen-bond acceptors (Lipinski definition) is 4. The van der Waals surface area contributed by atoms with Gasteiger partial charge in [-0.05, 0) is 97.1 Å². The molecule has 0 bridgehead atoms. The standard InChI is InChI=1S/C32H26BrN5O2S/c33-22-11-15-24(16-12-22)37-20-6-10-28(37)31-30(27-9-4-5-19-34-27)36-32(41)38(31)25-17-13-23(14-18-25)35-29(39)21-40-26-7-2-1-3-8-26/h1-20,30-31H,21H2,(H,35,39)(H,36,41)/t30-,31+/m1/s1. The fourth-order valence-electron chi connectivity index (χ4n) is 4.97. The minimum absolute atomic E-state index is 0.0766. The SMILES string of the molecule is O=C(COc1ccccc1)Nc1ccc(N2C(=S)N[C@H](c3ccccn3)[C@@H]2c2cccn2-c2ccc(Br)cc2)cc1. The predicted octanol–water partition coefficient (Wildman–Crippen LogP) is 6.83. The van der Waals surface area contributed by atoms with E-state index in [0.717, 1.165) is 27.2 Å². The largest absolute Gasteiger partial charge is 0.484 e. The lowest BCUT2D eigenvalue weighted by atomic mass is 10.0. The average molecular weight is 625 g/mol. The van der Waals surface area contributed by atoms with Crippen molar-refractivity contribution in [3.05, 3.63) is 137 Å². The summed E-state index contributed by atoms with van der Waals surface area (Å²) in [7, 11) is 0. The van der Waals surface area contributed by atoms with Crippen LogP contribution in [0.25, 0.3) is 5.69 Å². The van der Waals surface area contributed by atoms with Crippen LogP contribution in [0.2, 0.25) is 0 Å². The number of thiocarbonyl (C=S) groups is 1. The summed E-state index contributed by atoms with van der Waals surface area (Å²) in [6.07, 6.45) is 3.86. The lowest BCUT2D eigenvalue weighted by Crippen LogP contribution is -2.30. The third-order valence-electron chi connectivity index (χ3n) is 6.83. The maximum absolute atomic E-state index is 12.5. The van der Waals surface area contributed by atoms with Gasteiger partial charge in [-0.3, -0.25) is 9.78 Å². The molecule has 0 radical (unpaired) electrons. The van der Waals surface area contributed by atoms with E-state index in [-0.39, 0.29) is 24.6 Å². The van der Waals surface area contributed by atoms with Crippen LogP contribution in [0, 0.1) is 0 Å². The van der Waals surface area contributed by atoms with Gasteiger partial charge in [-0.2, -0.15) is 0 Å². The van der Waals surface area contributed by atoms with Crippen LogP contribution in [0.4, 0.5) is 11.4 Å². The summed E-state index contributed by atoms with van der Waals surface area (Å²) in [4.78, 5) is 19.3. The molecule has 1 saturated heterocycles. The number of benzene rings is 3. The smallest absolute Gasteiger partial charge is 0.262 e. The van der Waals surface area contributed by atoms with E-state index in [1.54, 1.807) is 6.20 Å². The summed E-state index contributed by atoms with van der Waals surface area (Å²) >= 11 is 9.43. The molecule has 0 unspecified atom stereocenters. The van der Waals surface area contributed by atoms with Crippen LogP contribution in [0.1, 0.15) is 23.5 Å². The monoisotopic (exact) mass is 623 g/mol. The molecule has 3 aromatic carbocycles. The third-order valence-corrected chi connectivity index (χ3v) is 7.67. The van der Waals surface area contributed by atoms with E-state index in [2.05, 4.69) is 65.4 Å². The van der Waals surface area contributed by atoms with Crippen molar-refractivity contribution in [1.82, 2.24) is 14.9 Å². The number of hydrogen-bond donors (Lipinski definition) is 2. The van der Waals surface area contributed by atoms with Crippen molar-refractivity contribution in [1.29, 1.82) is 0 Å². The Balaban J connectivity index is 1.28. The molecule has 0 spiro atoms. The van der Waals surface area contributed by atoms with Crippen LogP contribution in [0.5, 0.6) is 5.75 Å². The van der Waals surface area contributed by atoms with Gasteiger partial charge < -0.3 is 24.8 Å². The number of nitrogens with one attached hydrogen (secondary N) is 2. The molecule has 0 aliphatic carbocycles. The summed E-state index contributed by atoms with van der Waals surface area (Å²) in [5.74, 6) is 0.412. The first-order valence-corrected chi connectivity index (χ1v) is 14.3. The average Bonchev–Trinajstić information content (AvgIpc) is 3.62. The zero-order valence-corrected chi connectivity index (χ0v) is 24.3. The molecule has 6 rings (SSSR count). The van der Waals surface area contributed by atoms with E-state index in [1.165, 1.54) is 0 Å². The molecule has 41 heavy (non-hydrogen) atoms. The maximum Gasteiger partial charge on any atom is 0.262 e. The van der Waals surface area contributed by atoms with Crippen LogP contribution >= 0.6 is 28.1 Å². The number of anilines is 2. The van der Waals surface area contributed by atoms with Gasteiger partial charge >= 0.3 is 0 Å². The van der Waals surface area contributed by atoms with E-state index >= 15 is 0 Å². The first-order valence-electron chi connectivity index (χ1n) is 13.1.